The van der Waals surface area contributed by atoms with Crippen molar-refractivity contribution in [1.29, 1.82) is 0 Å². The molecule has 0 radical (unpaired) electrons. The molecule has 182 valence electrons. The van der Waals surface area contributed by atoms with Crippen molar-refractivity contribution in [1.82, 2.24) is 9.13 Å². The third kappa shape index (κ3) is 2.72. The zero-order valence-corrected chi connectivity index (χ0v) is 21.7. The third-order valence-electron chi connectivity index (χ3n) is 8.45. The molecule has 2 nitrogen and oxygen atoms in total. The fourth-order valence-corrected chi connectivity index (χ4v) is 6.92. The Labute approximate surface area is 222 Å². The number of hydrogen-bond donors (Lipinski definition) is 0. The largest absolute Gasteiger partial charge is 0.341 e. The van der Waals surface area contributed by atoms with Crippen molar-refractivity contribution in [3.05, 3.63) is 109 Å². The van der Waals surface area contributed by atoms with Crippen LogP contribution in [0.15, 0.2) is 109 Å². The van der Waals surface area contributed by atoms with E-state index in [-0.39, 0.29) is 0 Å². The van der Waals surface area contributed by atoms with Crippen molar-refractivity contribution in [2.45, 2.75) is 26.9 Å². The van der Waals surface area contributed by atoms with Gasteiger partial charge < -0.3 is 9.13 Å². The van der Waals surface area contributed by atoms with Crippen LogP contribution in [0.5, 0.6) is 0 Å². The zero-order chi connectivity index (χ0) is 25.4. The highest BCUT2D eigenvalue weighted by molar-refractivity contribution is 6.29. The van der Waals surface area contributed by atoms with E-state index in [1.54, 1.807) is 0 Å². The van der Waals surface area contributed by atoms with E-state index in [2.05, 4.69) is 132 Å². The van der Waals surface area contributed by atoms with Crippen molar-refractivity contribution in [2.24, 2.45) is 0 Å². The van der Waals surface area contributed by atoms with Gasteiger partial charge in [0, 0.05) is 46.0 Å². The van der Waals surface area contributed by atoms with Gasteiger partial charge in [-0.1, -0.05) is 84.9 Å². The Bertz CT molecular complexity index is 1920. The van der Waals surface area contributed by atoms with Crippen LogP contribution < -0.4 is 0 Å². The number of aromatic nitrogens is 2. The highest BCUT2D eigenvalue weighted by Crippen LogP contribution is 2.51. The maximum atomic E-state index is 2.54. The molecule has 0 fully saturated rings. The molecule has 0 amide bonds. The van der Waals surface area contributed by atoms with Crippen molar-refractivity contribution in [3.8, 4) is 33.4 Å². The van der Waals surface area contributed by atoms with Gasteiger partial charge in [-0.3, -0.25) is 0 Å². The minimum absolute atomic E-state index is 0.913. The van der Waals surface area contributed by atoms with Gasteiger partial charge in [-0.05, 0) is 71.1 Å². The van der Waals surface area contributed by atoms with Gasteiger partial charge in [0.1, 0.15) is 0 Å². The normalized spacial score (nSPS) is 12.2. The smallest absolute Gasteiger partial charge is 0.0505 e. The number of benzene rings is 6. The van der Waals surface area contributed by atoms with Crippen molar-refractivity contribution < 1.29 is 0 Å². The Balaban J connectivity index is 1.69. The Hall–Kier alpha value is -4.56. The van der Waals surface area contributed by atoms with Crippen LogP contribution in [0.2, 0.25) is 0 Å². The summed E-state index contributed by atoms with van der Waals surface area (Å²) >= 11 is 0. The van der Waals surface area contributed by atoms with Gasteiger partial charge >= 0.3 is 0 Å². The van der Waals surface area contributed by atoms with Crippen molar-refractivity contribution in [2.75, 3.05) is 0 Å². The molecule has 38 heavy (non-hydrogen) atoms. The predicted octanol–water partition coefficient (Wildman–Crippen LogP) is 9.82. The highest BCUT2D eigenvalue weighted by atomic mass is 15.0. The lowest BCUT2D eigenvalue weighted by atomic mass is 9.83. The molecule has 0 aromatic heterocycles. The summed E-state index contributed by atoms with van der Waals surface area (Å²) in [6.07, 6.45) is 0. The standard InChI is InChI=1S/C36H28N2/c1-3-37-29-19-11-17-25-28(24-15-9-6-10-16-24)22-32-36(33(25)29)35-31(37)21-27(23-13-7-5-8-14-23)26-18-12-20-30(34(26)35)38(32)4-2/h5-22H,3-4H2,1-2H3. The van der Waals surface area contributed by atoms with E-state index in [1.807, 2.05) is 0 Å². The summed E-state index contributed by atoms with van der Waals surface area (Å²) in [5, 5.41) is 5.40. The maximum absolute atomic E-state index is 2.54. The molecular formula is C36H28N2. The van der Waals surface area contributed by atoms with Crippen LogP contribution >= 0.6 is 0 Å². The van der Waals surface area contributed by atoms with Crippen LogP contribution in [0.1, 0.15) is 13.8 Å². The summed E-state index contributed by atoms with van der Waals surface area (Å²) in [6.45, 7) is 6.38. The quantitative estimate of drug-likeness (QED) is 0.172. The lowest BCUT2D eigenvalue weighted by Gasteiger charge is -2.30. The molecule has 8 rings (SSSR count). The van der Waals surface area contributed by atoms with Crippen molar-refractivity contribution >= 4 is 43.6 Å². The fraction of sp³-hybridized carbons (Fsp3) is 0.111. The lowest BCUT2D eigenvalue weighted by molar-refractivity contribution is 0.813. The SMILES string of the molecule is CCn1c2cc(-c3ccccc3)c3cccc4c3c2-c2c3c(cccc31)c(-c1ccccc1)cc2n4CC. The van der Waals surface area contributed by atoms with E-state index in [0.29, 0.717) is 0 Å². The van der Waals surface area contributed by atoms with Crippen LogP contribution in [0, 0.1) is 0 Å². The number of nitrogens with zero attached hydrogens (tertiary/aromatic N) is 2. The minimum atomic E-state index is 0.913. The summed E-state index contributed by atoms with van der Waals surface area (Å²) in [5.41, 5.74) is 13.2. The number of rotatable bonds is 4. The lowest BCUT2D eigenvalue weighted by Crippen LogP contribution is -2.11. The maximum Gasteiger partial charge on any atom is 0.0505 e. The van der Waals surface area contributed by atoms with Gasteiger partial charge in [0.05, 0.1) is 11.0 Å². The fourth-order valence-electron chi connectivity index (χ4n) is 6.92. The van der Waals surface area contributed by atoms with E-state index in [9.17, 15) is 0 Å². The molecular weight excluding hydrogens is 460 g/mol. The average Bonchev–Trinajstić information content (AvgIpc) is 2.98. The molecule has 0 N–H and O–H groups in total. The molecule has 6 aromatic carbocycles. The molecule has 2 aliphatic heterocycles. The first-order valence-corrected chi connectivity index (χ1v) is 13.7. The van der Waals surface area contributed by atoms with E-state index in [1.165, 1.54) is 77.0 Å². The van der Waals surface area contributed by atoms with Gasteiger partial charge in [-0.2, -0.15) is 0 Å². The molecule has 0 saturated heterocycles. The molecule has 2 heteroatoms. The molecule has 0 unspecified atom stereocenters. The van der Waals surface area contributed by atoms with Gasteiger partial charge in [0.15, 0.2) is 0 Å². The zero-order valence-electron chi connectivity index (χ0n) is 21.7. The molecule has 0 spiro atoms. The monoisotopic (exact) mass is 488 g/mol. The second kappa shape index (κ2) is 7.97. The Kier molecular flexibility index (Phi) is 4.51. The van der Waals surface area contributed by atoms with Crippen LogP contribution in [-0.4, -0.2) is 9.13 Å². The Morgan fingerprint density at radius 1 is 0.447 bits per heavy atom. The van der Waals surface area contributed by atoms with Crippen LogP contribution in [0.3, 0.4) is 0 Å². The van der Waals surface area contributed by atoms with Gasteiger partial charge in [0.25, 0.3) is 0 Å². The van der Waals surface area contributed by atoms with Crippen LogP contribution in [-0.2, 0) is 13.1 Å². The molecule has 6 aromatic rings. The first-order chi connectivity index (χ1) is 18.8. The Morgan fingerprint density at radius 2 is 0.868 bits per heavy atom. The second-order valence-corrected chi connectivity index (χ2v) is 10.3. The van der Waals surface area contributed by atoms with Gasteiger partial charge in [0.2, 0.25) is 0 Å². The summed E-state index contributed by atoms with van der Waals surface area (Å²) in [4.78, 5) is 0. The summed E-state index contributed by atoms with van der Waals surface area (Å²) in [7, 11) is 0. The van der Waals surface area contributed by atoms with E-state index < -0.39 is 0 Å². The number of pyridine rings is 2. The predicted molar refractivity (Wildman–Crippen MR) is 162 cm³/mol. The molecule has 0 saturated carbocycles. The summed E-state index contributed by atoms with van der Waals surface area (Å²) in [6, 6.07) is 40.3. The second-order valence-electron chi connectivity index (χ2n) is 10.3. The molecule has 2 aliphatic rings. The van der Waals surface area contributed by atoms with Crippen molar-refractivity contribution in [3.63, 3.8) is 0 Å². The third-order valence-corrected chi connectivity index (χ3v) is 8.45. The number of hydrogen-bond acceptors (Lipinski definition) is 0. The number of aryl methyl sites for hydroxylation is 2. The molecule has 0 atom stereocenters. The molecule has 2 heterocycles. The topological polar surface area (TPSA) is 9.86 Å². The molecule has 0 bridgehead atoms. The highest BCUT2D eigenvalue weighted by Gasteiger charge is 2.28. The first kappa shape index (κ1) is 21.5. The van der Waals surface area contributed by atoms with Crippen LogP contribution in [0.25, 0.3) is 77.0 Å². The summed E-state index contributed by atoms with van der Waals surface area (Å²) < 4.78 is 5.07. The Morgan fingerprint density at radius 3 is 1.26 bits per heavy atom. The van der Waals surface area contributed by atoms with E-state index in [0.717, 1.165) is 13.1 Å². The summed E-state index contributed by atoms with van der Waals surface area (Å²) in [5.74, 6) is 0. The van der Waals surface area contributed by atoms with Crippen LogP contribution in [0.4, 0.5) is 0 Å². The van der Waals surface area contributed by atoms with E-state index in [4.69, 9.17) is 0 Å². The van der Waals surface area contributed by atoms with Gasteiger partial charge in [-0.15, -0.1) is 0 Å². The average molecular weight is 489 g/mol. The minimum Gasteiger partial charge on any atom is -0.341 e. The van der Waals surface area contributed by atoms with E-state index >= 15 is 0 Å². The molecule has 0 aliphatic carbocycles. The first-order valence-electron chi connectivity index (χ1n) is 13.7. The van der Waals surface area contributed by atoms with Gasteiger partial charge in [-0.25, -0.2) is 0 Å².